The highest BCUT2D eigenvalue weighted by atomic mass is 16.5. The van der Waals surface area contributed by atoms with Crippen molar-refractivity contribution in [2.75, 3.05) is 20.0 Å². The number of hydrogen-bond donors (Lipinski definition) is 1. The third-order valence-electron chi connectivity index (χ3n) is 3.01. The van der Waals surface area contributed by atoms with E-state index in [2.05, 4.69) is 4.98 Å². The van der Waals surface area contributed by atoms with Crippen LogP contribution >= 0.6 is 0 Å². The fraction of sp³-hybridized carbons (Fsp3) is 0.357. The SMILES string of the molecule is CCc1nc(N)oc1-c1cc(OC)c(C)cc1OC. The zero-order chi connectivity index (χ0) is 14.0. The van der Waals surface area contributed by atoms with Gasteiger partial charge in [0.2, 0.25) is 0 Å². The number of nitrogen functional groups attached to an aromatic ring is 1. The van der Waals surface area contributed by atoms with E-state index in [1.165, 1.54) is 0 Å². The number of benzene rings is 1. The molecule has 1 aromatic heterocycles. The Kier molecular flexibility index (Phi) is 3.64. The Morgan fingerprint density at radius 1 is 1.21 bits per heavy atom. The Bertz CT molecular complexity index is 591. The van der Waals surface area contributed by atoms with Gasteiger partial charge in [-0.25, -0.2) is 0 Å². The zero-order valence-electron chi connectivity index (χ0n) is 11.6. The number of anilines is 1. The van der Waals surface area contributed by atoms with Crippen LogP contribution in [0.15, 0.2) is 16.5 Å². The average molecular weight is 262 g/mol. The molecule has 0 amide bonds. The smallest absolute Gasteiger partial charge is 0.292 e. The summed E-state index contributed by atoms with van der Waals surface area (Å²) in [5.41, 5.74) is 8.23. The first-order valence-corrected chi connectivity index (χ1v) is 6.08. The minimum absolute atomic E-state index is 0.161. The molecule has 0 fully saturated rings. The summed E-state index contributed by atoms with van der Waals surface area (Å²) in [7, 11) is 3.25. The second-order valence-corrected chi connectivity index (χ2v) is 4.20. The van der Waals surface area contributed by atoms with E-state index in [-0.39, 0.29) is 6.01 Å². The first-order valence-electron chi connectivity index (χ1n) is 6.08. The van der Waals surface area contributed by atoms with E-state index in [4.69, 9.17) is 19.6 Å². The summed E-state index contributed by atoms with van der Waals surface area (Å²) in [6, 6.07) is 3.95. The lowest BCUT2D eigenvalue weighted by molar-refractivity contribution is 0.400. The molecule has 1 aromatic carbocycles. The van der Waals surface area contributed by atoms with Crippen molar-refractivity contribution in [3.63, 3.8) is 0 Å². The molecule has 1 heterocycles. The number of nitrogens with two attached hydrogens (primary N) is 1. The number of aromatic nitrogens is 1. The topological polar surface area (TPSA) is 70.5 Å². The lowest BCUT2D eigenvalue weighted by atomic mass is 10.1. The van der Waals surface area contributed by atoms with Crippen molar-refractivity contribution in [3.8, 4) is 22.8 Å². The highest BCUT2D eigenvalue weighted by Crippen LogP contribution is 2.38. The molecule has 2 aromatic rings. The third kappa shape index (κ3) is 2.36. The summed E-state index contributed by atoms with van der Waals surface area (Å²) in [5.74, 6) is 2.12. The number of rotatable bonds is 4. The maximum Gasteiger partial charge on any atom is 0.292 e. The summed E-state index contributed by atoms with van der Waals surface area (Å²) < 4.78 is 16.2. The number of ether oxygens (including phenoxy) is 2. The van der Waals surface area contributed by atoms with Gasteiger partial charge < -0.3 is 19.6 Å². The highest BCUT2D eigenvalue weighted by molar-refractivity contribution is 5.71. The van der Waals surface area contributed by atoms with Gasteiger partial charge in [-0.3, -0.25) is 0 Å². The predicted molar refractivity (Wildman–Crippen MR) is 73.6 cm³/mol. The largest absolute Gasteiger partial charge is 0.496 e. The van der Waals surface area contributed by atoms with Crippen molar-refractivity contribution in [1.29, 1.82) is 0 Å². The molecule has 5 heteroatoms. The second kappa shape index (κ2) is 5.22. The molecule has 102 valence electrons. The Hall–Kier alpha value is -2.17. The highest BCUT2D eigenvalue weighted by Gasteiger charge is 2.18. The van der Waals surface area contributed by atoms with E-state index >= 15 is 0 Å². The Morgan fingerprint density at radius 2 is 1.89 bits per heavy atom. The second-order valence-electron chi connectivity index (χ2n) is 4.20. The van der Waals surface area contributed by atoms with Crippen molar-refractivity contribution in [2.45, 2.75) is 20.3 Å². The van der Waals surface area contributed by atoms with Crippen molar-refractivity contribution in [2.24, 2.45) is 0 Å². The molecule has 0 spiro atoms. The molecule has 2 N–H and O–H groups in total. The molecule has 5 nitrogen and oxygen atoms in total. The molecular weight excluding hydrogens is 244 g/mol. The van der Waals surface area contributed by atoms with Crippen LogP contribution in [-0.2, 0) is 6.42 Å². The lowest BCUT2D eigenvalue weighted by Gasteiger charge is -2.12. The van der Waals surface area contributed by atoms with Crippen LogP contribution in [0.4, 0.5) is 6.01 Å². The van der Waals surface area contributed by atoms with Crippen LogP contribution in [0.1, 0.15) is 18.2 Å². The van der Waals surface area contributed by atoms with E-state index in [1.807, 2.05) is 26.0 Å². The van der Waals surface area contributed by atoms with Crippen molar-refractivity contribution in [1.82, 2.24) is 4.98 Å². The first kappa shape index (κ1) is 13.3. The van der Waals surface area contributed by atoms with E-state index in [0.29, 0.717) is 11.5 Å². The molecule has 0 atom stereocenters. The van der Waals surface area contributed by atoms with Crippen LogP contribution in [0.25, 0.3) is 11.3 Å². The molecule has 0 radical (unpaired) electrons. The standard InChI is InChI=1S/C14H18N2O3/c1-5-10-13(19-14(15)16-10)9-7-11(17-3)8(2)6-12(9)18-4/h6-7H,5H2,1-4H3,(H2,15,16). The number of nitrogens with zero attached hydrogens (tertiary/aromatic N) is 1. The Morgan fingerprint density at radius 3 is 2.47 bits per heavy atom. The monoisotopic (exact) mass is 262 g/mol. The summed E-state index contributed by atoms with van der Waals surface area (Å²) >= 11 is 0. The maximum atomic E-state index is 5.63. The van der Waals surface area contributed by atoms with E-state index in [0.717, 1.165) is 29.0 Å². The fourth-order valence-electron chi connectivity index (χ4n) is 2.05. The minimum Gasteiger partial charge on any atom is -0.496 e. The van der Waals surface area contributed by atoms with Crippen LogP contribution in [0, 0.1) is 6.92 Å². The molecule has 0 aliphatic heterocycles. The normalized spacial score (nSPS) is 10.5. The molecule has 0 aliphatic rings. The summed E-state index contributed by atoms with van der Waals surface area (Å²) in [5, 5.41) is 0. The number of oxazole rings is 1. The number of methoxy groups -OCH3 is 2. The fourth-order valence-corrected chi connectivity index (χ4v) is 2.05. The van der Waals surface area contributed by atoms with Gasteiger partial charge in [-0.2, -0.15) is 4.98 Å². The van der Waals surface area contributed by atoms with Crippen LogP contribution in [-0.4, -0.2) is 19.2 Å². The molecular formula is C14H18N2O3. The van der Waals surface area contributed by atoms with Gasteiger partial charge in [-0.05, 0) is 31.0 Å². The van der Waals surface area contributed by atoms with Gasteiger partial charge in [-0.1, -0.05) is 6.92 Å². The molecule has 0 bridgehead atoms. The average Bonchev–Trinajstić information content (AvgIpc) is 2.79. The van der Waals surface area contributed by atoms with Crippen LogP contribution in [0.2, 0.25) is 0 Å². The van der Waals surface area contributed by atoms with Gasteiger partial charge in [0.15, 0.2) is 5.76 Å². The molecule has 19 heavy (non-hydrogen) atoms. The van der Waals surface area contributed by atoms with Crippen LogP contribution < -0.4 is 15.2 Å². The van der Waals surface area contributed by atoms with Gasteiger partial charge in [0, 0.05) is 0 Å². The predicted octanol–water partition coefficient (Wildman–Crippen LogP) is 2.81. The van der Waals surface area contributed by atoms with Crippen LogP contribution in [0.3, 0.4) is 0 Å². The minimum atomic E-state index is 0.161. The number of hydrogen-bond acceptors (Lipinski definition) is 5. The quantitative estimate of drug-likeness (QED) is 0.917. The molecule has 0 aliphatic carbocycles. The summed E-state index contributed by atoms with van der Waals surface area (Å²) in [6.45, 7) is 3.96. The van der Waals surface area contributed by atoms with Crippen molar-refractivity contribution in [3.05, 3.63) is 23.4 Å². The Labute approximate surface area is 112 Å². The number of aryl methyl sites for hydroxylation is 2. The Balaban J connectivity index is 2.65. The van der Waals surface area contributed by atoms with Gasteiger partial charge >= 0.3 is 0 Å². The third-order valence-corrected chi connectivity index (χ3v) is 3.01. The molecule has 0 unspecified atom stereocenters. The molecule has 0 saturated heterocycles. The molecule has 2 rings (SSSR count). The first-order chi connectivity index (χ1) is 9.10. The van der Waals surface area contributed by atoms with E-state index in [9.17, 15) is 0 Å². The van der Waals surface area contributed by atoms with E-state index < -0.39 is 0 Å². The molecule has 0 saturated carbocycles. The van der Waals surface area contributed by atoms with Gasteiger partial charge in [0.1, 0.15) is 11.5 Å². The maximum absolute atomic E-state index is 5.63. The zero-order valence-corrected chi connectivity index (χ0v) is 11.6. The van der Waals surface area contributed by atoms with Gasteiger partial charge in [0.05, 0.1) is 25.5 Å². The summed E-state index contributed by atoms with van der Waals surface area (Å²) in [4.78, 5) is 4.17. The van der Waals surface area contributed by atoms with Crippen molar-refractivity contribution >= 4 is 6.01 Å². The summed E-state index contributed by atoms with van der Waals surface area (Å²) in [6.07, 6.45) is 0.732. The van der Waals surface area contributed by atoms with Crippen molar-refractivity contribution < 1.29 is 13.9 Å². The van der Waals surface area contributed by atoms with Gasteiger partial charge in [0.25, 0.3) is 6.01 Å². The van der Waals surface area contributed by atoms with E-state index in [1.54, 1.807) is 14.2 Å². The van der Waals surface area contributed by atoms with Crippen LogP contribution in [0.5, 0.6) is 11.5 Å². The lowest BCUT2D eigenvalue weighted by Crippen LogP contribution is -1.94. The van der Waals surface area contributed by atoms with Gasteiger partial charge in [-0.15, -0.1) is 0 Å².